The lowest BCUT2D eigenvalue weighted by molar-refractivity contribution is -0.156. The van der Waals surface area contributed by atoms with Gasteiger partial charge in [0.1, 0.15) is 0 Å². The Hall–Kier alpha value is -2.88. The molecule has 1 saturated heterocycles. The van der Waals surface area contributed by atoms with E-state index < -0.39 is 11.6 Å². The molecule has 1 atom stereocenters. The number of fused-ring (bicyclic) bond motifs is 2. The van der Waals surface area contributed by atoms with Gasteiger partial charge < -0.3 is 9.64 Å². The number of carbonyl (C=O) groups is 2. The molecule has 1 amide bonds. The van der Waals surface area contributed by atoms with Gasteiger partial charge in [-0.25, -0.2) is 4.79 Å². The van der Waals surface area contributed by atoms with E-state index in [9.17, 15) is 9.59 Å². The second-order valence-electron chi connectivity index (χ2n) is 5.89. The third-order valence-corrected chi connectivity index (χ3v) is 4.42. The summed E-state index contributed by atoms with van der Waals surface area (Å²) >= 11 is 0. The minimum absolute atomic E-state index is 0.199. The van der Waals surface area contributed by atoms with E-state index in [4.69, 9.17) is 4.74 Å². The second kappa shape index (κ2) is 4.81. The predicted molar refractivity (Wildman–Crippen MR) is 85.6 cm³/mol. The molecule has 0 aliphatic carbocycles. The third kappa shape index (κ3) is 1.91. The molecule has 114 valence electrons. The van der Waals surface area contributed by atoms with E-state index in [0.29, 0.717) is 12.1 Å². The lowest BCUT2D eigenvalue weighted by Gasteiger charge is -2.22. The van der Waals surface area contributed by atoms with Crippen molar-refractivity contribution in [3.05, 3.63) is 77.9 Å². The first-order valence-corrected chi connectivity index (χ1v) is 7.48. The van der Waals surface area contributed by atoms with E-state index in [1.54, 1.807) is 4.90 Å². The van der Waals surface area contributed by atoms with Crippen molar-refractivity contribution < 1.29 is 14.3 Å². The van der Waals surface area contributed by atoms with Crippen LogP contribution in [0, 0.1) is 0 Å². The normalized spacial score (nSPS) is 22.6. The van der Waals surface area contributed by atoms with Crippen LogP contribution in [0.5, 0.6) is 0 Å². The number of rotatable bonds is 2. The van der Waals surface area contributed by atoms with Gasteiger partial charge in [0.05, 0.1) is 12.2 Å². The van der Waals surface area contributed by atoms with Gasteiger partial charge in [0.2, 0.25) is 5.60 Å². The molecule has 1 spiro atoms. The fourth-order valence-corrected chi connectivity index (χ4v) is 3.32. The average Bonchev–Trinajstić information content (AvgIpc) is 2.99. The van der Waals surface area contributed by atoms with Gasteiger partial charge in [-0.3, -0.25) is 4.79 Å². The lowest BCUT2D eigenvalue weighted by Crippen LogP contribution is -2.39. The Morgan fingerprint density at radius 2 is 1.74 bits per heavy atom. The fourth-order valence-electron chi connectivity index (χ4n) is 3.32. The number of benzene rings is 2. The monoisotopic (exact) mass is 305 g/mol. The molecule has 1 unspecified atom stereocenters. The van der Waals surface area contributed by atoms with Crippen LogP contribution in [0.4, 0.5) is 5.69 Å². The van der Waals surface area contributed by atoms with Gasteiger partial charge in [-0.15, -0.1) is 0 Å². The summed E-state index contributed by atoms with van der Waals surface area (Å²) in [6.07, 6.45) is 0.215. The minimum atomic E-state index is -1.24. The van der Waals surface area contributed by atoms with Crippen molar-refractivity contribution in [3.8, 4) is 0 Å². The highest BCUT2D eigenvalue weighted by molar-refractivity contribution is 6.11. The zero-order chi connectivity index (χ0) is 16.0. The smallest absolute Gasteiger partial charge is 0.335 e. The van der Waals surface area contributed by atoms with E-state index >= 15 is 0 Å². The lowest BCUT2D eigenvalue weighted by atomic mass is 9.91. The molecular formula is C19H15NO3. The molecule has 0 N–H and O–H groups in total. The molecule has 23 heavy (non-hydrogen) atoms. The van der Waals surface area contributed by atoms with Gasteiger partial charge in [-0.2, -0.15) is 0 Å². The van der Waals surface area contributed by atoms with Crippen molar-refractivity contribution in [2.24, 2.45) is 0 Å². The SMILES string of the molecule is C=C1CC2(OC1=O)C(=O)N(Cc1ccccc1)c1ccccc12. The third-order valence-electron chi connectivity index (χ3n) is 4.42. The van der Waals surface area contributed by atoms with Crippen molar-refractivity contribution in [1.29, 1.82) is 0 Å². The summed E-state index contributed by atoms with van der Waals surface area (Å²) in [7, 11) is 0. The van der Waals surface area contributed by atoms with Crippen molar-refractivity contribution in [2.45, 2.75) is 18.6 Å². The number of ether oxygens (including phenoxy) is 1. The maximum absolute atomic E-state index is 13.1. The molecule has 0 aromatic heterocycles. The molecule has 2 aliphatic heterocycles. The van der Waals surface area contributed by atoms with Crippen LogP contribution in [0.25, 0.3) is 0 Å². The summed E-state index contributed by atoms with van der Waals surface area (Å²) in [4.78, 5) is 26.6. The molecule has 2 aromatic carbocycles. The fraction of sp³-hybridized carbons (Fsp3) is 0.158. The first-order valence-electron chi connectivity index (χ1n) is 7.48. The van der Waals surface area contributed by atoms with Gasteiger partial charge in [0, 0.05) is 17.6 Å². The van der Waals surface area contributed by atoms with E-state index in [-0.39, 0.29) is 12.3 Å². The minimum Gasteiger partial charge on any atom is -0.440 e. The summed E-state index contributed by atoms with van der Waals surface area (Å²) in [5.74, 6) is -0.690. The second-order valence-corrected chi connectivity index (χ2v) is 5.89. The Bertz CT molecular complexity index is 810. The number of esters is 1. The van der Waals surface area contributed by atoms with E-state index in [0.717, 1.165) is 16.8 Å². The number of para-hydroxylation sites is 1. The first kappa shape index (κ1) is 13.8. The number of hydrogen-bond acceptors (Lipinski definition) is 3. The highest BCUT2D eigenvalue weighted by atomic mass is 16.6. The van der Waals surface area contributed by atoms with Crippen molar-refractivity contribution in [3.63, 3.8) is 0 Å². The van der Waals surface area contributed by atoms with Crippen LogP contribution in [-0.4, -0.2) is 11.9 Å². The molecule has 0 bridgehead atoms. The summed E-state index contributed by atoms with van der Waals surface area (Å²) in [5.41, 5.74) is 1.67. The predicted octanol–water partition coefficient (Wildman–Crippen LogP) is 2.93. The molecule has 2 heterocycles. The summed E-state index contributed by atoms with van der Waals surface area (Å²) < 4.78 is 5.50. The van der Waals surface area contributed by atoms with Crippen LogP contribution >= 0.6 is 0 Å². The standard InChI is InChI=1S/C19H15NO3/c1-13-11-19(23-17(13)21)15-9-5-6-10-16(15)20(18(19)22)12-14-7-3-2-4-8-14/h2-10H,1,11-12H2. The van der Waals surface area contributed by atoms with Gasteiger partial charge in [-0.05, 0) is 11.6 Å². The molecule has 4 heteroatoms. The van der Waals surface area contributed by atoms with E-state index in [1.165, 1.54) is 0 Å². The zero-order valence-electron chi connectivity index (χ0n) is 12.5. The summed E-state index contributed by atoms with van der Waals surface area (Å²) in [6.45, 7) is 4.17. The number of amides is 1. The van der Waals surface area contributed by atoms with Crippen molar-refractivity contribution in [1.82, 2.24) is 0 Å². The quantitative estimate of drug-likeness (QED) is 0.633. The van der Waals surface area contributed by atoms with Crippen LogP contribution in [-0.2, 0) is 26.5 Å². The Kier molecular flexibility index (Phi) is 2.88. The molecule has 2 aromatic rings. The highest BCUT2D eigenvalue weighted by Crippen LogP contribution is 2.50. The number of hydrogen-bond donors (Lipinski definition) is 0. The summed E-state index contributed by atoms with van der Waals surface area (Å²) in [6, 6.07) is 17.2. The van der Waals surface area contributed by atoms with Crippen LogP contribution in [0.15, 0.2) is 66.7 Å². The van der Waals surface area contributed by atoms with Crippen LogP contribution in [0.3, 0.4) is 0 Å². The molecule has 4 nitrogen and oxygen atoms in total. The molecule has 0 saturated carbocycles. The molecule has 4 rings (SSSR count). The first-order chi connectivity index (χ1) is 11.1. The van der Waals surface area contributed by atoms with Crippen molar-refractivity contribution >= 4 is 17.6 Å². The van der Waals surface area contributed by atoms with E-state index in [1.807, 2.05) is 54.6 Å². The van der Waals surface area contributed by atoms with Gasteiger partial charge in [0.15, 0.2) is 0 Å². The topological polar surface area (TPSA) is 46.6 Å². The summed E-state index contributed by atoms with van der Waals surface area (Å²) in [5, 5.41) is 0. The van der Waals surface area contributed by atoms with Crippen LogP contribution in [0.1, 0.15) is 17.5 Å². The largest absolute Gasteiger partial charge is 0.440 e. The van der Waals surface area contributed by atoms with Gasteiger partial charge in [-0.1, -0.05) is 55.1 Å². The zero-order valence-corrected chi connectivity index (χ0v) is 12.5. The Labute approximate surface area is 134 Å². The van der Waals surface area contributed by atoms with Crippen molar-refractivity contribution in [2.75, 3.05) is 4.90 Å². The molecule has 2 aliphatic rings. The van der Waals surface area contributed by atoms with E-state index in [2.05, 4.69) is 6.58 Å². The maximum atomic E-state index is 13.1. The van der Waals surface area contributed by atoms with Crippen LogP contribution in [0.2, 0.25) is 0 Å². The molecule has 1 fully saturated rings. The van der Waals surface area contributed by atoms with Gasteiger partial charge in [0.25, 0.3) is 5.91 Å². The Morgan fingerprint density at radius 1 is 1.04 bits per heavy atom. The Morgan fingerprint density at radius 3 is 2.43 bits per heavy atom. The van der Waals surface area contributed by atoms with Crippen LogP contribution < -0.4 is 4.90 Å². The number of nitrogens with zero attached hydrogens (tertiary/aromatic N) is 1. The number of anilines is 1. The molecule has 0 radical (unpaired) electrons. The number of carbonyl (C=O) groups excluding carboxylic acids is 2. The maximum Gasteiger partial charge on any atom is 0.335 e. The average molecular weight is 305 g/mol. The Balaban J connectivity index is 1.80. The molecular weight excluding hydrogens is 290 g/mol. The highest BCUT2D eigenvalue weighted by Gasteiger charge is 2.58. The van der Waals surface area contributed by atoms with Gasteiger partial charge >= 0.3 is 5.97 Å².